The number of amides is 1. The van der Waals surface area contributed by atoms with Crippen LogP contribution in [0.15, 0.2) is 40.8 Å². The molecule has 1 aromatic carbocycles. The van der Waals surface area contributed by atoms with E-state index in [2.05, 4.69) is 10.5 Å². The molecule has 4 nitrogen and oxygen atoms in total. The Morgan fingerprint density at radius 3 is 2.50 bits per heavy atom. The smallest absolute Gasteiger partial charge is 0.271 e. The molecule has 0 fully saturated rings. The van der Waals surface area contributed by atoms with E-state index in [0.29, 0.717) is 5.56 Å². The number of hydrazone groups is 1. The van der Waals surface area contributed by atoms with Crippen molar-refractivity contribution in [3.05, 3.63) is 51.7 Å². The summed E-state index contributed by atoms with van der Waals surface area (Å²) >= 11 is 1.66. The molecule has 0 aliphatic carbocycles. The third-order valence-corrected chi connectivity index (χ3v) is 3.78. The van der Waals surface area contributed by atoms with Crippen LogP contribution in [0.3, 0.4) is 0 Å². The predicted molar refractivity (Wildman–Crippen MR) is 84.9 cm³/mol. The van der Waals surface area contributed by atoms with Crippen molar-refractivity contribution in [1.82, 2.24) is 5.43 Å². The number of carbonyl (C=O) groups is 1. The third kappa shape index (κ3) is 3.45. The molecule has 0 spiro atoms. The van der Waals surface area contributed by atoms with Crippen molar-refractivity contribution in [2.75, 3.05) is 19.0 Å². The number of anilines is 1. The number of aryl methyl sites for hydroxylation is 1. The van der Waals surface area contributed by atoms with Gasteiger partial charge >= 0.3 is 0 Å². The van der Waals surface area contributed by atoms with Gasteiger partial charge in [0.25, 0.3) is 5.91 Å². The van der Waals surface area contributed by atoms with Crippen LogP contribution in [0.1, 0.15) is 20.8 Å². The van der Waals surface area contributed by atoms with E-state index in [-0.39, 0.29) is 5.91 Å². The maximum absolute atomic E-state index is 11.9. The van der Waals surface area contributed by atoms with Crippen LogP contribution in [0.5, 0.6) is 0 Å². The molecular weight excluding hydrogens is 270 g/mol. The summed E-state index contributed by atoms with van der Waals surface area (Å²) in [6, 6.07) is 9.36. The van der Waals surface area contributed by atoms with Crippen molar-refractivity contribution in [2.45, 2.75) is 6.92 Å². The zero-order valence-electron chi connectivity index (χ0n) is 11.8. The minimum atomic E-state index is -0.209. The van der Waals surface area contributed by atoms with Gasteiger partial charge in [0.15, 0.2) is 0 Å². The van der Waals surface area contributed by atoms with Gasteiger partial charge in [0.1, 0.15) is 0 Å². The Morgan fingerprint density at radius 1 is 1.25 bits per heavy atom. The Balaban J connectivity index is 1.98. The van der Waals surface area contributed by atoms with E-state index in [9.17, 15) is 4.79 Å². The maximum atomic E-state index is 11.9. The van der Waals surface area contributed by atoms with Crippen LogP contribution in [0.4, 0.5) is 5.69 Å². The minimum Gasteiger partial charge on any atom is -0.378 e. The van der Waals surface area contributed by atoms with Crippen molar-refractivity contribution < 1.29 is 4.79 Å². The first-order valence-electron chi connectivity index (χ1n) is 6.23. The van der Waals surface area contributed by atoms with Gasteiger partial charge < -0.3 is 4.90 Å². The Labute approximate surface area is 122 Å². The molecule has 1 amide bonds. The van der Waals surface area contributed by atoms with E-state index in [1.54, 1.807) is 29.7 Å². The number of hydrogen-bond acceptors (Lipinski definition) is 4. The highest BCUT2D eigenvalue weighted by Crippen LogP contribution is 2.13. The number of benzene rings is 1. The van der Waals surface area contributed by atoms with Crippen LogP contribution in [0.25, 0.3) is 0 Å². The summed E-state index contributed by atoms with van der Waals surface area (Å²) < 4.78 is 0. The molecule has 0 aliphatic rings. The predicted octanol–water partition coefficient (Wildman–Crippen LogP) is 2.89. The van der Waals surface area contributed by atoms with Crippen LogP contribution in [-0.2, 0) is 0 Å². The molecule has 5 heteroatoms. The molecule has 0 saturated heterocycles. The van der Waals surface area contributed by atoms with Crippen LogP contribution in [0, 0.1) is 6.92 Å². The van der Waals surface area contributed by atoms with E-state index in [0.717, 1.165) is 11.3 Å². The Hall–Kier alpha value is -2.14. The molecule has 2 aromatic rings. The fraction of sp³-hybridized carbons (Fsp3) is 0.200. The van der Waals surface area contributed by atoms with E-state index in [1.807, 2.05) is 49.5 Å². The maximum Gasteiger partial charge on any atom is 0.271 e. The average molecular weight is 287 g/mol. The van der Waals surface area contributed by atoms with Crippen molar-refractivity contribution >= 4 is 29.1 Å². The summed E-state index contributed by atoms with van der Waals surface area (Å²) in [6.45, 7) is 2.02. The number of thiophene rings is 1. The fourth-order valence-corrected chi connectivity index (χ4v) is 2.34. The number of carbonyl (C=O) groups excluding carboxylic acids is 1. The van der Waals surface area contributed by atoms with Crippen LogP contribution in [0.2, 0.25) is 0 Å². The SMILES string of the molecule is Cc1sccc1C=NNC(=O)c1ccc(N(C)C)cc1. The zero-order valence-corrected chi connectivity index (χ0v) is 12.6. The molecule has 20 heavy (non-hydrogen) atoms. The first-order valence-corrected chi connectivity index (χ1v) is 7.11. The molecule has 0 unspecified atom stereocenters. The lowest BCUT2D eigenvalue weighted by molar-refractivity contribution is 0.0955. The third-order valence-electron chi connectivity index (χ3n) is 2.91. The van der Waals surface area contributed by atoms with Gasteiger partial charge in [-0.25, -0.2) is 5.43 Å². The molecule has 2 rings (SSSR count). The normalized spacial score (nSPS) is 10.8. The molecule has 0 saturated carbocycles. The van der Waals surface area contributed by atoms with E-state index >= 15 is 0 Å². The standard InChI is InChI=1S/C15H17N3OS/c1-11-13(8-9-20-11)10-16-17-15(19)12-4-6-14(7-5-12)18(2)3/h4-10H,1-3H3,(H,17,19). The molecule has 1 aromatic heterocycles. The van der Waals surface area contributed by atoms with Crippen LogP contribution >= 0.6 is 11.3 Å². The van der Waals surface area contributed by atoms with Gasteiger partial charge in [-0.3, -0.25) is 4.79 Å². The summed E-state index contributed by atoms with van der Waals surface area (Å²) in [4.78, 5) is 15.1. The molecule has 0 bridgehead atoms. The Kier molecular flexibility index (Phi) is 4.53. The van der Waals surface area contributed by atoms with Gasteiger partial charge in [0.05, 0.1) is 6.21 Å². The van der Waals surface area contributed by atoms with E-state index < -0.39 is 0 Å². The van der Waals surface area contributed by atoms with Gasteiger partial charge in [0, 0.05) is 35.8 Å². The number of nitrogens with one attached hydrogen (secondary N) is 1. The summed E-state index contributed by atoms with van der Waals surface area (Å²) in [5, 5.41) is 5.98. The van der Waals surface area contributed by atoms with Crippen molar-refractivity contribution in [1.29, 1.82) is 0 Å². The summed E-state index contributed by atoms with van der Waals surface area (Å²) in [7, 11) is 3.92. The molecule has 0 atom stereocenters. The average Bonchev–Trinajstić information content (AvgIpc) is 2.84. The zero-order chi connectivity index (χ0) is 14.5. The van der Waals surface area contributed by atoms with Crippen molar-refractivity contribution in [2.24, 2.45) is 5.10 Å². The molecule has 0 aliphatic heterocycles. The molecule has 104 valence electrons. The highest BCUT2D eigenvalue weighted by atomic mass is 32.1. The van der Waals surface area contributed by atoms with E-state index in [4.69, 9.17) is 0 Å². The highest BCUT2D eigenvalue weighted by molar-refractivity contribution is 7.10. The topological polar surface area (TPSA) is 44.7 Å². The van der Waals surface area contributed by atoms with Crippen LogP contribution in [-0.4, -0.2) is 26.2 Å². The number of nitrogens with zero attached hydrogens (tertiary/aromatic N) is 2. The van der Waals surface area contributed by atoms with E-state index in [1.165, 1.54) is 4.88 Å². The molecule has 1 heterocycles. The molecule has 0 radical (unpaired) electrons. The highest BCUT2D eigenvalue weighted by Gasteiger charge is 2.04. The first-order chi connectivity index (χ1) is 9.58. The van der Waals surface area contributed by atoms with Crippen molar-refractivity contribution in [3.8, 4) is 0 Å². The second kappa shape index (κ2) is 6.34. The second-order valence-electron chi connectivity index (χ2n) is 4.57. The van der Waals surface area contributed by atoms with Crippen LogP contribution < -0.4 is 10.3 Å². The van der Waals surface area contributed by atoms with Crippen molar-refractivity contribution in [3.63, 3.8) is 0 Å². The molecular formula is C15H17N3OS. The summed E-state index contributed by atoms with van der Waals surface area (Å²) in [6.07, 6.45) is 1.66. The quantitative estimate of drug-likeness (QED) is 0.694. The second-order valence-corrected chi connectivity index (χ2v) is 5.69. The minimum absolute atomic E-state index is 0.209. The Morgan fingerprint density at radius 2 is 1.95 bits per heavy atom. The first kappa shape index (κ1) is 14.3. The molecule has 1 N–H and O–H groups in total. The monoisotopic (exact) mass is 287 g/mol. The van der Waals surface area contributed by atoms with Gasteiger partial charge in [-0.2, -0.15) is 5.10 Å². The van der Waals surface area contributed by atoms with Gasteiger partial charge in [0.2, 0.25) is 0 Å². The number of rotatable bonds is 4. The van der Waals surface area contributed by atoms with Gasteiger partial charge in [-0.15, -0.1) is 11.3 Å². The Bertz CT molecular complexity index is 614. The lowest BCUT2D eigenvalue weighted by atomic mass is 10.2. The van der Waals surface area contributed by atoms with Gasteiger partial charge in [-0.1, -0.05) is 0 Å². The number of hydrogen-bond donors (Lipinski definition) is 1. The van der Waals surface area contributed by atoms with Gasteiger partial charge in [-0.05, 0) is 42.6 Å². The lowest BCUT2D eigenvalue weighted by Gasteiger charge is -2.12. The summed E-state index contributed by atoms with van der Waals surface area (Å²) in [5.41, 5.74) is 5.21. The summed E-state index contributed by atoms with van der Waals surface area (Å²) in [5.74, 6) is -0.209. The lowest BCUT2D eigenvalue weighted by Crippen LogP contribution is -2.17. The largest absolute Gasteiger partial charge is 0.378 e. The fourth-order valence-electron chi connectivity index (χ4n) is 1.66.